The third-order valence-electron chi connectivity index (χ3n) is 8.87. The van der Waals surface area contributed by atoms with Gasteiger partial charge in [-0.05, 0) is 135 Å². The van der Waals surface area contributed by atoms with Crippen molar-refractivity contribution in [3.63, 3.8) is 0 Å². The standard InChI is InChI=1S/C47H44O11/c1-29(2)44(49)54-27-33(28-55-45(50)30(3)4)23-24-53-40-19-21-42-36(26-40)10-9-35-25-32(7-20-41(35)42)8-22-43(48)56-37-15-17-39(18-16-37)58-47(52)34-11-13-38(14-12-34)57-46(51)31(5)6/h7-8,11-22,25-26,33H,1,3,5,9-10,23-24,27-28H2,2,4,6H3/b22-8+. The summed E-state index contributed by atoms with van der Waals surface area (Å²) < 4.78 is 32.7. The fourth-order valence-electron chi connectivity index (χ4n) is 5.69. The van der Waals surface area contributed by atoms with E-state index in [0.29, 0.717) is 18.8 Å². The molecular weight excluding hydrogens is 741 g/mol. The maximum absolute atomic E-state index is 12.6. The molecule has 0 saturated heterocycles. The van der Waals surface area contributed by atoms with Gasteiger partial charge >= 0.3 is 29.8 Å². The molecule has 0 aliphatic heterocycles. The molecule has 0 spiro atoms. The predicted molar refractivity (Wildman–Crippen MR) is 217 cm³/mol. The molecule has 1 aliphatic carbocycles. The van der Waals surface area contributed by atoms with Crippen LogP contribution in [-0.4, -0.2) is 49.7 Å². The van der Waals surface area contributed by atoms with Gasteiger partial charge in [0.05, 0.1) is 25.4 Å². The molecule has 0 saturated carbocycles. The third kappa shape index (κ3) is 12.0. The number of fused-ring (bicyclic) bond motifs is 3. The van der Waals surface area contributed by atoms with Gasteiger partial charge in [-0.1, -0.05) is 44.0 Å². The zero-order valence-electron chi connectivity index (χ0n) is 32.7. The second-order valence-electron chi connectivity index (χ2n) is 13.8. The smallest absolute Gasteiger partial charge is 0.343 e. The largest absolute Gasteiger partial charge is 0.494 e. The molecule has 0 N–H and O–H groups in total. The van der Waals surface area contributed by atoms with Crippen molar-refractivity contribution in [3.05, 3.63) is 150 Å². The van der Waals surface area contributed by atoms with Crippen LogP contribution in [0.25, 0.3) is 17.2 Å². The lowest BCUT2D eigenvalue weighted by molar-refractivity contribution is -0.144. The van der Waals surface area contributed by atoms with Crippen LogP contribution >= 0.6 is 0 Å². The Bertz CT molecular complexity index is 2230. The van der Waals surface area contributed by atoms with Crippen molar-refractivity contribution in [1.82, 2.24) is 0 Å². The maximum atomic E-state index is 12.6. The van der Waals surface area contributed by atoms with E-state index < -0.39 is 29.8 Å². The van der Waals surface area contributed by atoms with Gasteiger partial charge in [0.25, 0.3) is 0 Å². The molecule has 0 radical (unpaired) electrons. The van der Waals surface area contributed by atoms with Gasteiger partial charge in [0.2, 0.25) is 0 Å². The summed E-state index contributed by atoms with van der Waals surface area (Å²) in [6.45, 7) is 15.9. The van der Waals surface area contributed by atoms with E-state index in [-0.39, 0.29) is 58.7 Å². The first-order chi connectivity index (χ1) is 27.7. The summed E-state index contributed by atoms with van der Waals surface area (Å²) in [5.41, 5.74) is 6.44. The molecular formula is C47H44O11. The zero-order valence-corrected chi connectivity index (χ0v) is 32.7. The van der Waals surface area contributed by atoms with Crippen LogP contribution in [0.3, 0.4) is 0 Å². The first-order valence-corrected chi connectivity index (χ1v) is 18.5. The van der Waals surface area contributed by atoms with Gasteiger partial charge in [0, 0.05) is 28.7 Å². The van der Waals surface area contributed by atoms with Crippen LogP contribution in [0.5, 0.6) is 23.0 Å². The average Bonchev–Trinajstić information content (AvgIpc) is 3.21. The van der Waals surface area contributed by atoms with Crippen LogP contribution in [-0.2, 0) is 41.5 Å². The van der Waals surface area contributed by atoms with E-state index >= 15 is 0 Å². The van der Waals surface area contributed by atoms with Gasteiger partial charge in [-0.25, -0.2) is 24.0 Å². The van der Waals surface area contributed by atoms with Crippen LogP contribution in [0.15, 0.2) is 127 Å². The van der Waals surface area contributed by atoms with Crippen molar-refractivity contribution in [2.24, 2.45) is 5.92 Å². The highest BCUT2D eigenvalue weighted by Crippen LogP contribution is 2.36. The molecule has 5 rings (SSSR count). The molecule has 0 atom stereocenters. The van der Waals surface area contributed by atoms with E-state index in [1.807, 2.05) is 30.3 Å². The van der Waals surface area contributed by atoms with Gasteiger partial charge in [0.1, 0.15) is 23.0 Å². The normalized spacial score (nSPS) is 11.4. The highest BCUT2D eigenvalue weighted by Gasteiger charge is 2.19. The van der Waals surface area contributed by atoms with Crippen molar-refractivity contribution in [2.75, 3.05) is 19.8 Å². The van der Waals surface area contributed by atoms with Gasteiger partial charge in [-0.3, -0.25) is 0 Å². The minimum atomic E-state index is -0.613. The molecule has 1 aliphatic rings. The molecule has 0 unspecified atom stereocenters. The van der Waals surface area contributed by atoms with Gasteiger partial charge in [-0.15, -0.1) is 0 Å². The molecule has 0 amide bonds. The Labute approximate surface area is 337 Å². The molecule has 58 heavy (non-hydrogen) atoms. The van der Waals surface area contributed by atoms with Crippen LogP contribution in [0.4, 0.5) is 0 Å². The summed E-state index contributed by atoms with van der Waals surface area (Å²) in [5, 5.41) is 0. The summed E-state index contributed by atoms with van der Waals surface area (Å²) in [7, 11) is 0. The van der Waals surface area contributed by atoms with E-state index in [1.54, 1.807) is 19.9 Å². The number of aryl methyl sites for hydroxylation is 2. The summed E-state index contributed by atoms with van der Waals surface area (Å²) in [6, 6.07) is 24.0. The minimum Gasteiger partial charge on any atom is -0.494 e. The number of hydrogen-bond donors (Lipinski definition) is 0. The van der Waals surface area contributed by atoms with Crippen molar-refractivity contribution < 1.29 is 52.4 Å². The van der Waals surface area contributed by atoms with Crippen molar-refractivity contribution in [2.45, 2.75) is 40.0 Å². The van der Waals surface area contributed by atoms with E-state index in [2.05, 4.69) is 25.8 Å². The molecule has 0 bridgehead atoms. The van der Waals surface area contributed by atoms with Crippen LogP contribution in [0.2, 0.25) is 0 Å². The predicted octanol–water partition coefficient (Wildman–Crippen LogP) is 8.40. The van der Waals surface area contributed by atoms with E-state index in [4.69, 9.17) is 28.4 Å². The van der Waals surface area contributed by atoms with E-state index in [0.717, 1.165) is 40.7 Å². The maximum Gasteiger partial charge on any atom is 0.343 e. The Morgan fingerprint density at radius 1 is 0.603 bits per heavy atom. The Kier molecular flexibility index (Phi) is 14.3. The Morgan fingerprint density at radius 3 is 1.69 bits per heavy atom. The fraction of sp³-hybridized carbons (Fsp3) is 0.213. The third-order valence-corrected chi connectivity index (χ3v) is 8.87. The Hall–Kier alpha value is -7.01. The second kappa shape index (κ2) is 19.7. The second-order valence-corrected chi connectivity index (χ2v) is 13.8. The van der Waals surface area contributed by atoms with Crippen molar-refractivity contribution in [3.8, 4) is 34.1 Å². The minimum absolute atomic E-state index is 0.0602. The Balaban J connectivity index is 1.11. The molecule has 0 heterocycles. The van der Waals surface area contributed by atoms with E-state index in [1.165, 1.54) is 61.5 Å². The first kappa shape index (κ1) is 42.1. The molecule has 11 nitrogen and oxygen atoms in total. The summed E-state index contributed by atoms with van der Waals surface area (Å²) >= 11 is 0. The van der Waals surface area contributed by atoms with Gasteiger partial charge in [-0.2, -0.15) is 0 Å². The monoisotopic (exact) mass is 784 g/mol. The first-order valence-electron chi connectivity index (χ1n) is 18.5. The Morgan fingerprint density at radius 2 is 1.10 bits per heavy atom. The highest BCUT2D eigenvalue weighted by atomic mass is 16.6. The lowest BCUT2D eigenvalue weighted by atomic mass is 9.84. The SMILES string of the molecule is C=C(C)C(=O)OCC(CCOc1ccc2c(c1)CCc1cc(/C=C/C(=O)Oc3ccc(OC(=O)c4ccc(OC(=O)C(=C)C)cc4)cc3)ccc1-2)COC(=O)C(=C)C. The lowest BCUT2D eigenvalue weighted by Gasteiger charge is -2.22. The van der Waals surface area contributed by atoms with Crippen LogP contribution in [0.1, 0.15) is 54.2 Å². The van der Waals surface area contributed by atoms with Crippen molar-refractivity contribution in [1.29, 1.82) is 0 Å². The summed E-state index contributed by atoms with van der Waals surface area (Å²) in [5.74, 6) is -1.52. The number of esters is 5. The van der Waals surface area contributed by atoms with Crippen LogP contribution < -0.4 is 18.9 Å². The quantitative estimate of drug-likeness (QED) is 0.0579. The number of carbonyl (C=O) groups excluding carboxylic acids is 5. The van der Waals surface area contributed by atoms with Crippen LogP contribution in [0, 0.1) is 5.92 Å². The van der Waals surface area contributed by atoms with Gasteiger partial charge in [0.15, 0.2) is 0 Å². The molecule has 298 valence electrons. The molecule has 4 aromatic rings. The molecule has 0 fully saturated rings. The highest BCUT2D eigenvalue weighted by molar-refractivity contribution is 5.92. The number of rotatable bonds is 17. The van der Waals surface area contributed by atoms with Crippen molar-refractivity contribution >= 4 is 35.9 Å². The number of carbonyl (C=O) groups is 5. The molecule has 4 aromatic carbocycles. The molecule has 0 aromatic heterocycles. The van der Waals surface area contributed by atoms with Gasteiger partial charge < -0.3 is 28.4 Å². The van der Waals surface area contributed by atoms with E-state index in [9.17, 15) is 24.0 Å². The molecule has 11 heteroatoms. The number of hydrogen-bond acceptors (Lipinski definition) is 11. The average molecular weight is 785 g/mol. The summed E-state index contributed by atoms with van der Waals surface area (Å²) in [6.07, 6.45) is 5.14. The lowest BCUT2D eigenvalue weighted by Crippen LogP contribution is -2.23. The number of benzene rings is 4. The summed E-state index contributed by atoms with van der Waals surface area (Å²) in [4.78, 5) is 60.8. The topological polar surface area (TPSA) is 141 Å². The zero-order chi connectivity index (χ0) is 41.8. The number of ether oxygens (including phenoxy) is 6. The fourth-order valence-corrected chi connectivity index (χ4v) is 5.69.